The molecule has 1 aromatic heterocycles. The van der Waals surface area contributed by atoms with Crippen molar-refractivity contribution in [3.63, 3.8) is 0 Å². The predicted octanol–water partition coefficient (Wildman–Crippen LogP) is 4.11. The normalized spacial score (nSPS) is 10.5. The number of carbonyl (C=O) groups is 1. The topological polar surface area (TPSA) is 45.2 Å². The molecule has 0 saturated heterocycles. The van der Waals surface area contributed by atoms with E-state index < -0.39 is 0 Å². The Balaban J connectivity index is 1.63. The molecule has 1 amide bonds. The van der Waals surface area contributed by atoms with Gasteiger partial charge in [-0.2, -0.15) is 0 Å². The average molecular weight is 351 g/mol. The fraction of sp³-hybridized carbons (Fsp3) is 0.200. The molecule has 5 heteroatoms. The Hall–Kier alpha value is -2.66. The van der Waals surface area contributed by atoms with Crippen LogP contribution in [0.15, 0.2) is 53.9 Å². The van der Waals surface area contributed by atoms with E-state index in [1.165, 1.54) is 0 Å². The van der Waals surface area contributed by atoms with Crippen LogP contribution in [0.2, 0.25) is 0 Å². The van der Waals surface area contributed by atoms with Gasteiger partial charge >= 0.3 is 0 Å². The summed E-state index contributed by atoms with van der Waals surface area (Å²) in [7, 11) is 3.92. The van der Waals surface area contributed by atoms with Crippen LogP contribution < -0.4 is 10.2 Å². The third kappa shape index (κ3) is 4.25. The third-order valence-corrected chi connectivity index (χ3v) is 4.91. The lowest BCUT2D eigenvalue weighted by molar-refractivity contribution is 0.0951. The average Bonchev–Trinajstić information content (AvgIpc) is 3.06. The summed E-state index contributed by atoms with van der Waals surface area (Å²) >= 11 is 1.64. The molecule has 4 nitrogen and oxygen atoms in total. The van der Waals surface area contributed by atoms with Crippen molar-refractivity contribution in [1.82, 2.24) is 10.3 Å². The summed E-state index contributed by atoms with van der Waals surface area (Å²) in [4.78, 5) is 18.8. The van der Waals surface area contributed by atoms with E-state index in [1.807, 2.05) is 79.8 Å². The van der Waals surface area contributed by atoms with Crippen LogP contribution in [0, 0.1) is 6.92 Å². The van der Waals surface area contributed by atoms with Gasteiger partial charge in [0.1, 0.15) is 5.01 Å². The highest BCUT2D eigenvalue weighted by Gasteiger charge is 2.07. The number of carbonyl (C=O) groups excluding carboxylic acids is 1. The maximum atomic E-state index is 12.3. The molecule has 1 N–H and O–H groups in total. The SMILES string of the molecule is Cc1csc(-c2ccc(CNC(=O)c3cccc(N(C)C)c3)cc2)n1. The zero-order valence-electron chi connectivity index (χ0n) is 14.6. The maximum absolute atomic E-state index is 12.3. The van der Waals surface area contributed by atoms with E-state index in [2.05, 4.69) is 10.3 Å². The van der Waals surface area contributed by atoms with E-state index in [1.54, 1.807) is 11.3 Å². The lowest BCUT2D eigenvalue weighted by atomic mass is 10.1. The lowest BCUT2D eigenvalue weighted by Gasteiger charge is -2.13. The molecule has 0 bridgehead atoms. The number of amides is 1. The van der Waals surface area contributed by atoms with Gasteiger partial charge in [-0.1, -0.05) is 30.3 Å². The molecule has 2 aromatic carbocycles. The molecule has 0 saturated carbocycles. The molecule has 3 aromatic rings. The Morgan fingerprint density at radius 1 is 1.16 bits per heavy atom. The summed E-state index contributed by atoms with van der Waals surface area (Å²) in [5.74, 6) is -0.0664. The number of aromatic nitrogens is 1. The van der Waals surface area contributed by atoms with Crippen molar-refractivity contribution >= 4 is 22.9 Å². The number of thiazole rings is 1. The van der Waals surface area contributed by atoms with Crippen molar-refractivity contribution in [1.29, 1.82) is 0 Å². The number of anilines is 1. The smallest absolute Gasteiger partial charge is 0.251 e. The summed E-state index contributed by atoms with van der Waals surface area (Å²) in [6.07, 6.45) is 0. The van der Waals surface area contributed by atoms with Crippen molar-refractivity contribution in [2.75, 3.05) is 19.0 Å². The molecule has 0 aliphatic heterocycles. The minimum absolute atomic E-state index is 0.0664. The second-order valence-electron chi connectivity index (χ2n) is 6.12. The van der Waals surface area contributed by atoms with E-state index in [0.717, 1.165) is 27.5 Å². The maximum Gasteiger partial charge on any atom is 0.251 e. The van der Waals surface area contributed by atoms with E-state index in [-0.39, 0.29) is 5.91 Å². The molecule has 0 unspecified atom stereocenters. The van der Waals surface area contributed by atoms with Gasteiger partial charge in [-0.05, 0) is 30.7 Å². The van der Waals surface area contributed by atoms with Crippen molar-refractivity contribution in [3.8, 4) is 10.6 Å². The van der Waals surface area contributed by atoms with Crippen LogP contribution in [0.5, 0.6) is 0 Å². The van der Waals surface area contributed by atoms with Crippen LogP contribution in [-0.4, -0.2) is 25.0 Å². The van der Waals surface area contributed by atoms with Crippen LogP contribution >= 0.6 is 11.3 Å². The van der Waals surface area contributed by atoms with Gasteiger partial charge in [0.15, 0.2) is 0 Å². The van der Waals surface area contributed by atoms with Crippen LogP contribution in [-0.2, 0) is 6.54 Å². The van der Waals surface area contributed by atoms with Crippen molar-refractivity contribution in [2.24, 2.45) is 0 Å². The molecular formula is C20H21N3OS. The highest BCUT2D eigenvalue weighted by Crippen LogP contribution is 2.23. The van der Waals surface area contributed by atoms with Gasteiger partial charge in [-0.15, -0.1) is 11.3 Å². The summed E-state index contributed by atoms with van der Waals surface area (Å²) in [5.41, 5.74) is 4.88. The number of nitrogens with zero attached hydrogens (tertiary/aromatic N) is 2. The first-order valence-corrected chi connectivity index (χ1v) is 8.98. The number of benzene rings is 2. The van der Waals surface area contributed by atoms with Crippen molar-refractivity contribution in [2.45, 2.75) is 13.5 Å². The Bertz CT molecular complexity index is 869. The van der Waals surface area contributed by atoms with Gasteiger partial charge in [-0.25, -0.2) is 4.98 Å². The van der Waals surface area contributed by atoms with Crippen LogP contribution in [0.1, 0.15) is 21.6 Å². The fourth-order valence-corrected chi connectivity index (χ4v) is 3.27. The first kappa shape index (κ1) is 17.2. The van der Waals surface area contributed by atoms with Crippen LogP contribution in [0.3, 0.4) is 0 Å². The Morgan fingerprint density at radius 2 is 1.92 bits per heavy atom. The largest absolute Gasteiger partial charge is 0.378 e. The molecule has 0 atom stereocenters. The van der Waals surface area contributed by atoms with Gasteiger partial charge < -0.3 is 10.2 Å². The zero-order valence-corrected chi connectivity index (χ0v) is 15.4. The molecule has 128 valence electrons. The van der Waals surface area contributed by atoms with Gasteiger partial charge in [-0.3, -0.25) is 4.79 Å². The summed E-state index contributed by atoms with van der Waals surface area (Å²) < 4.78 is 0. The minimum atomic E-state index is -0.0664. The number of hydrogen-bond acceptors (Lipinski definition) is 4. The Morgan fingerprint density at radius 3 is 2.56 bits per heavy atom. The molecule has 25 heavy (non-hydrogen) atoms. The van der Waals surface area contributed by atoms with Crippen LogP contribution in [0.25, 0.3) is 10.6 Å². The number of hydrogen-bond donors (Lipinski definition) is 1. The molecular weight excluding hydrogens is 330 g/mol. The van der Waals surface area contributed by atoms with Gasteiger partial charge in [0, 0.05) is 48.5 Å². The van der Waals surface area contributed by atoms with Gasteiger partial charge in [0.25, 0.3) is 5.91 Å². The van der Waals surface area contributed by atoms with E-state index in [9.17, 15) is 4.79 Å². The first-order chi connectivity index (χ1) is 12.0. The summed E-state index contributed by atoms with van der Waals surface area (Å²) in [6.45, 7) is 2.50. The minimum Gasteiger partial charge on any atom is -0.378 e. The quantitative estimate of drug-likeness (QED) is 0.752. The van der Waals surface area contributed by atoms with Gasteiger partial charge in [0.2, 0.25) is 0 Å². The number of rotatable bonds is 5. The molecule has 0 aliphatic carbocycles. The monoisotopic (exact) mass is 351 g/mol. The van der Waals surface area contributed by atoms with E-state index >= 15 is 0 Å². The van der Waals surface area contributed by atoms with Crippen molar-refractivity contribution in [3.05, 3.63) is 70.7 Å². The summed E-state index contributed by atoms with van der Waals surface area (Å²) in [6, 6.07) is 15.8. The molecule has 0 fully saturated rings. The molecule has 3 rings (SSSR count). The Labute approximate surface area is 152 Å². The number of aryl methyl sites for hydroxylation is 1. The first-order valence-electron chi connectivity index (χ1n) is 8.10. The lowest BCUT2D eigenvalue weighted by Crippen LogP contribution is -2.23. The highest BCUT2D eigenvalue weighted by atomic mass is 32.1. The molecule has 1 heterocycles. The molecule has 0 aliphatic rings. The highest BCUT2D eigenvalue weighted by molar-refractivity contribution is 7.13. The van der Waals surface area contributed by atoms with Crippen molar-refractivity contribution < 1.29 is 4.79 Å². The summed E-state index contributed by atoms with van der Waals surface area (Å²) in [5, 5.41) is 6.04. The molecule has 0 spiro atoms. The third-order valence-electron chi connectivity index (χ3n) is 3.90. The van der Waals surface area contributed by atoms with Gasteiger partial charge in [0.05, 0.1) is 0 Å². The Kier molecular flexibility index (Phi) is 5.14. The second kappa shape index (κ2) is 7.49. The van der Waals surface area contributed by atoms with E-state index in [0.29, 0.717) is 12.1 Å². The number of nitrogens with one attached hydrogen (secondary N) is 1. The zero-order chi connectivity index (χ0) is 17.8. The predicted molar refractivity (Wildman–Crippen MR) is 104 cm³/mol. The fourth-order valence-electron chi connectivity index (χ4n) is 2.46. The van der Waals surface area contributed by atoms with E-state index in [4.69, 9.17) is 0 Å². The standard InChI is InChI=1S/C20H21N3OS/c1-14-13-25-20(22-14)16-9-7-15(8-10-16)12-21-19(24)17-5-4-6-18(11-17)23(2)3/h4-11,13H,12H2,1-3H3,(H,21,24). The second-order valence-corrected chi connectivity index (χ2v) is 6.98. The molecule has 0 radical (unpaired) electrons. The van der Waals surface area contributed by atoms with Crippen LogP contribution in [0.4, 0.5) is 5.69 Å².